The number of carbonyl (C=O) groups excluding carboxylic acids is 1. The maximum absolute atomic E-state index is 12.0. The summed E-state index contributed by atoms with van der Waals surface area (Å²) in [6.45, 7) is 0. The number of rotatable bonds is 5. The van der Waals surface area contributed by atoms with E-state index >= 15 is 0 Å². The van der Waals surface area contributed by atoms with Crippen LogP contribution in [-0.2, 0) is 4.79 Å². The number of methoxy groups -OCH3 is 1. The molecule has 0 aliphatic rings. The van der Waals surface area contributed by atoms with Gasteiger partial charge in [0.25, 0.3) is 5.69 Å². The number of carbonyl (C=O) groups is 1. The first-order valence-electron chi connectivity index (χ1n) is 6.68. The number of nitro groups is 1. The Kier molecular flexibility index (Phi) is 5.78. The fourth-order valence-corrected chi connectivity index (χ4v) is 2.42. The highest BCUT2D eigenvalue weighted by Gasteiger charge is 2.16. The Balaban J connectivity index is 2.21. The molecule has 2 aromatic carbocycles. The first kappa shape index (κ1) is 17.8. The van der Waals surface area contributed by atoms with E-state index in [4.69, 9.17) is 27.9 Å². The Hall–Kier alpha value is -2.57. The SMILES string of the molecule is COc1ccc(NC(=O)C=Cc2c(Cl)cccc2Cl)c([N+](=O)[O-])c1. The molecule has 0 spiro atoms. The Labute approximate surface area is 147 Å². The van der Waals surface area contributed by atoms with E-state index in [-0.39, 0.29) is 11.4 Å². The third-order valence-electron chi connectivity index (χ3n) is 3.06. The molecule has 0 heterocycles. The van der Waals surface area contributed by atoms with Crippen LogP contribution in [0, 0.1) is 10.1 Å². The van der Waals surface area contributed by atoms with Crippen LogP contribution in [0.15, 0.2) is 42.5 Å². The first-order valence-corrected chi connectivity index (χ1v) is 7.43. The molecular weight excluding hydrogens is 355 g/mol. The quantitative estimate of drug-likeness (QED) is 0.477. The van der Waals surface area contributed by atoms with E-state index in [9.17, 15) is 14.9 Å². The van der Waals surface area contributed by atoms with Gasteiger partial charge in [0.15, 0.2) is 0 Å². The maximum atomic E-state index is 12.0. The van der Waals surface area contributed by atoms with Gasteiger partial charge in [-0.25, -0.2) is 0 Å². The lowest BCUT2D eigenvalue weighted by Gasteiger charge is -2.06. The largest absolute Gasteiger partial charge is 0.496 e. The molecule has 0 unspecified atom stereocenters. The number of halogens is 2. The molecule has 2 rings (SSSR count). The van der Waals surface area contributed by atoms with Crippen molar-refractivity contribution in [3.63, 3.8) is 0 Å². The average molecular weight is 367 g/mol. The van der Waals surface area contributed by atoms with Crippen molar-refractivity contribution in [2.75, 3.05) is 12.4 Å². The van der Waals surface area contributed by atoms with Crippen LogP contribution in [-0.4, -0.2) is 17.9 Å². The van der Waals surface area contributed by atoms with Gasteiger partial charge < -0.3 is 10.1 Å². The molecule has 1 amide bonds. The minimum atomic E-state index is -0.604. The van der Waals surface area contributed by atoms with E-state index in [1.165, 1.54) is 37.5 Å². The molecule has 0 radical (unpaired) electrons. The molecule has 8 heteroatoms. The monoisotopic (exact) mass is 366 g/mol. The molecule has 0 atom stereocenters. The second-order valence-electron chi connectivity index (χ2n) is 4.60. The van der Waals surface area contributed by atoms with Crippen LogP contribution >= 0.6 is 23.2 Å². The lowest BCUT2D eigenvalue weighted by molar-refractivity contribution is -0.384. The van der Waals surface area contributed by atoms with Crippen molar-refractivity contribution in [1.82, 2.24) is 0 Å². The van der Waals surface area contributed by atoms with Crippen LogP contribution in [0.1, 0.15) is 5.56 Å². The van der Waals surface area contributed by atoms with Gasteiger partial charge in [0.1, 0.15) is 11.4 Å². The van der Waals surface area contributed by atoms with Crippen LogP contribution in [0.25, 0.3) is 6.08 Å². The van der Waals surface area contributed by atoms with Gasteiger partial charge in [-0.15, -0.1) is 0 Å². The van der Waals surface area contributed by atoms with Crippen LogP contribution in [0.2, 0.25) is 10.0 Å². The van der Waals surface area contributed by atoms with Crippen molar-refractivity contribution in [3.8, 4) is 5.75 Å². The van der Waals surface area contributed by atoms with Crippen molar-refractivity contribution in [2.45, 2.75) is 0 Å². The van der Waals surface area contributed by atoms with Gasteiger partial charge in [-0.2, -0.15) is 0 Å². The van der Waals surface area contributed by atoms with Crippen LogP contribution in [0.3, 0.4) is 0 Å². The van der Waals surface area contributed by atoms with Crippen molar-refractivity contribution in [2.24, 2.45) is 0 Å². The molecule has 6 nitrogen and oxygen atoms in total. The smallest absolute Gasteiger partial charge is 0.296 e. The van der Waals surface area contributed by atoms with Crippen LogP contribution in [0.5, 0.6) is 5.75 Å². The van der Waals surface area contributed by atoms with Crippen molar-refractivity contribution < 1.29 is 14.5 Å². The molecule has 0 aromatic heterocycles. The number of amides is 1. The predicted octanol–water partition coefficient (Wildman–Crippen LogP) is 4.56. The fraction of sp³-hybridized carbons (Fsp3) is 0.0625. The third kappa shape index (κ3) is 4.24. The zero-order valence-corrected chi connectivity index (χ0v) is 14.0. The molecule has 0 saturated carbocycles. The number of anilines is 1. The zero-order valence-electron chi connectivity index (χ0n) is 12.5. The number of benzene rings is 2. The normalized spacial score (nSPS) is 10.6. The van der Waals surface area contributed by atoms with Gasteiger partial charge in [0, 0.05) is 21.7 Å². The number of nitrogens with zero attached hydrogens (tertiary/aromatic N) is 1. The topological polar surface area (TPSA) is 81.5 Å². The van der Waals surface area contributed by atoms with Gasteiger partial charge in [-0.1, -0.05) is 29.3 Å². The standard InChI is InChI=1S/C16H12Cl2N2O4/c1-24-10-5-7-14(15(9-10)20(22)23)19-16(21)8-6-11-12(17)3-2-4-13(11)18/h2-9H,1H3,(H,19,21). The van der Waals surface area contributed by atoms with E-state index in [0.29, 0.717) is 21.4 Å². The van der Waals surface area contributed by atoms with Crippen molar-refractivity contribution in [1.29, 1.82) is 0 Å². The molecule has 124 valence electrons. The molecule has 2 aromatic rings. The van der Waals surface area contributed by atoms with Gasteiger partial charge >= 0.3 is 0 Å². The van der Waals surface area contributed by atoms with Gasteiger partial charge in [-0.3, -0.25) is 14.9 Å². The highest BCUT2D eigenvalue weighted by molar-refractivity contribution is 6.37. The number of hydrogen-bond acceptors (Lipinski definition) is 4. The Morgan fingerprint density at radius 3 is 2.50 bits per heavy atom. The second kappa shape index (κ2) is 7.81. The van der Waals surface area contributed by atoms with E-state index in [2.05, 4.69) is 5.32 Å². The van der Waals surface area contributed by atoms with Crippen molar-refractivity contribution >= 4 is 46.6 Å². The Bertz CT molecular complexity index is 801. The number of nitrogens with one attached hydrogen (secondary N) is 1. The van der Waals surface area contributed by atoms with Crippen molar-refractivity contribution in [3.05, 3.63) is 68.2 Å². The van der Waals surface area contributed by atoms with Gasteiger partial charge in [0.05, 0.1) is 18.1 Å². The summed E-state index contributed by atoms with van der Waals surface area (Å²) >= 11 is 12.0. The summed E-state index contributed by atoms with van der Waals surface area (Å²) < 4.78 is 4.94. The van der Waals surface area contributed by atoms with Gasteiger partial charge in [-0.05, 0) is 30.3 Å². The fourth-order valence-electron chi connectivity index (χ4n) is 1.90. The average Bonchev–Trinajstić information content (AvgIpc) is 2.54. The van der Waals surface area contributed by atoms with E-state index in [1.54, 1.807) is 18.2 Å². The van der Waals surface area contributed by atoms with Gasteiger partial charge in [0.2, 0.25) is 5.91 Å². The first-order chi connectivity index (χ1) is 11.4. The Morgan fingerprint density at radius 1 is 1.25 bits per heavy atom. The summed E-state index contributed by atoms with van der Waals surface area (Å²) in [5.74, 6) is -0.239. The lowest BCUT2D eigenvalue weighted by atomic mass is 10.2. The minimum absolute atomic E-state index is 0.0562. The minimum Gasteiger partial charge on any atom is -0.496 e. The summed E-state index contributed by atoms with van der Waals surface area (Å²) in [7, 11) is 1.40. The molecular formula is C16H12Cl2N2O4. The summed E-state index contributed by atoms with van der Waals surface area (Å²) in [5, 5.41) is 14.3. The molecule has 24 heavy (non-hydrogen) atoms. The van der Waals surface area contributed by atoms with E-state index < -0.39 is 10.8 Å². The zero-order chi connectivity index (χ0) is 17.7. The third-order valence-corrected chi connectivity index (χ3v) is 3.72. The lowest BCUT2D eigenvalue weighted by Crippen LogP contribution is -2.09. The summed E-state index contributed by atoms with van der Waals surface area (Å²) in [6.07, 6.45) is 2.64. The maximum Gasteiger partial charge on any atom is 0.296 e. The van der Waals surface area contributed by atoms with E-state index in [1.807, 2.05) is 0 Å². The number of ether oxygens (including phenoxy) is 1. The Morgan fingerprint density at radius 2 is 1.92 bits per heavy atom. The second-order valence-corrected chi connectivity index (χ2v) is 5.41. The molecule has 0 fully saturated rings. The summed E-state index contributed by atoms with van der Waals surface area (Å²) in [5.41, 5.74) is 0.271. The highest BCUT2D eigenvalue weighted by atomic mass is 35.5. The summed E-state index contributed by atoms with van der Waals surface area (Å²) in [6, 6.07) is 9.09. The number of nitro benzene ring substituents is 1. The van der Waals surface area contributed by atoms with Crippen LogP contribution in [0.4, 0.5) is 11.4 Å². The predicted molar refractivity (Wildman–Crippen MR) is 93.8 cm³/mol. The highest BCUT2D eigenvalue weighted by Crippen LogP contribution is 2.29. The molecule has 0 bridgehead atoms. The molecule has 0 saturated heterocycles. The molecule has 0 aliphatic carbocycles. The van der Waals surface area contributed by atoms with Crippen LogP contribution < -0.4 is 10.1 Å². The number of hydrogen-bond donors (Lipinski definition) is 1. The molecule has 1 N–H and O–H groups in total. The summed E-state index contributed by atoms with van der Waals surface area (Å²) in [4.78, 5) is 22.5. The molecule has 0 aliphatic heterocycles. The van der Waals surface area contributed by atoms with E-state index in [0.717, 1.165) is 0 Å².